The number of nitrogens with zero attached hydrogens (tertiary/aromatic N) is 3. The van der Waals surface area contributed by atoms with Gasteiger partial charge in [-0.15, -0.1) is 0 Å². The van der Waals surface area contributed by atoms with E-state index >= 15 is 0 Å². The number of fused-ring (bicyclic) bond motifs is 3. The van der Waals surface area contributed by atoms with Crippen LogP contribution < -0.4 is 5.32 Å². The molecule has 0 unspecified atom stereocenters. The van der Waals surface area contributed by atoms with Crippen LogP contribution in [0.2, 0.25) is 0 Å². The predicted octanol–water partition coefficient (Wildman–Crippen LogP) is 6.58. The van der Waals surface area contributed by atoms with Gasteiger partial charge < -0.3 is 10.1 Å². The molecule has 3 aromatic rings. The van der Waals surface area contributed by atoms with E-state index in [0.717, 1.165) is 14.7 Å². The van der Waals surface area contributed by atoms with Crippen molar-refractivity contribution in [2.24, 2.45) is 5.11 Å². The Hall–Kier alpha value is -3.03. The van der Waals surface area contributed by atoms with Crippen molar-refractivity contribution in [3.05, 3.63) is 96.9 Å². The fourth-order valence-corrected chi connectivity index (χ4v) is 4.47. The molecule has 0 aliphatic heterocycles. The summed E-state index contributed by atoms with van der Waals surface area (Å²) in [6, 6.07) is 20.2. The largest absolute Gasteiger partial charge is 0.449 e. The predicted molar refractivity (Wildman–Crippen MR) is 125 cm³/mol. The number of carbonyl (C=O) groups is 1. The van der Waals surface area contributed by atoms with Crippen LogP contribution in [0.1, 0.15) is 28.2 Å². The summed E-state index contributed by atoms with van der Waals surface area (Å²) in [7, 11) is 0. The molecule has 0 saturated carbocycles. The summed E-state index contributed by atoms with van der Waals surface area (Å²) in [6.07, 6.45) is -0.474. The quantitative estimate of drug-likeness (QED) is 0.182. The third kappa shape index (κ3) is 3.99. The Morgan fingerprint density at radius 1 is 1.13 bits per heavy atom. The summed E-state index contributed by atoms with van der Waals surface area (Å²) in [5.74, 6) is 0.0278. The molecule has 7 heteroatoms. The molecule has 0 radical (unpaired) electrons. The summed E-state index contributed by atoms with van der Waals surface area (Å²) >= 11 is 2.19. The lowest BCUT2D eigenvalue weighted by Crippen LogP contribution is -2.25. The molecular formula is C23H19IN4O2. The van der Waals surface area contributed by atoms with Gasteiger partial charge in [0.1, 0.15) is 6.61 Å². The number of nitrogens with one attached hydrogen (secondary N) is 1. The summed E-state index contributed by atoms with van der Waals surface area (Å²) in [4.78, 5) is 15.2. The van der Waals surface area contributed by atoms with E-state index < -0.39 is 6.09 Å². The zero-order chi connectivity index (χ0) is 21.1. The van der Waals surface area contributed by atoms with Crippen LogP contribution >= 0.6 is 22.6 Å². The van der Waals surface area contributed by atoms with Crippen molar-refractivity contribution in [1.29, 1.82) is 0 Å². The minimum absolute atomic E-state index is 0.0278. The van der Waals surface area contributed by atoms with Crippen LogP contribution in [0.5, 0.6) is 0 Å². The number of rotatable bonds is 5. The van der Waals surface area contributed by atoms with Crippen LogP contribution in [-0.2, 0) is 11.3 Å². The van der Waals surface area contributed by atoms with Gasteiger partial charge in [0.2, 0.25) is 0 Å². The van der Waals surface area contributed by atoms with Crippen molar-refractivity contribution in [1.82, 2.24) is 5.32 Å². The first-order chi connectivity index (χ1) is 14.6. The van der Waals surface area contributed by atoms with Crippen LogP contribution in [0.4, 0.5) is 10.5 Å². The van der Waals surface area contributed by atoms with Crippen molar-refractivity contribution >= 4 is 34.4 Å². The van der Waals surface area contributed by atoms with E-state index in [1.165, 1.54) is 22.3 Å². The fourth-order valence-electron chi connectivity index (χ4n) is 3.80. The number of benzene rings is 3. The van der Waals surface area contributed by atoms with Crippen molar-refractivity contribution < 1.29 is 9.53 Å². The number of ether oxygens (including phenoxy) is 1. The van der Waals surface area contributed by atoms with E-state index in [4.69, 9.17) is 10.3 Å². The Kier molecular flexibility index (Phi) is 5.92. The highest BCUT2D eigenvalue weighted by Crippen LogP contribution is 2.44. The first-order valence-corrected chi connectivity index (χ1v) is 10.6. The summed E-state index contributed by atoms with van der Waals surface area (Å²) in [5, 5.41) is 6.51. The second-order valence-corrected chi connectivity index (χ2v) is 8.25. The normalized spacial score (nSPS) is 11.9. The highest BCUT2D eigenvalue weighted by atomic mass is 127. The number of halogens is 1. The van der Waals surface area contributed by atoms with Gasteiger partial charge in [0.25, 0.3) is 0 Å². The average Bonchev–Trinajstić information content (AvgIpc) is 3.08. The molecule has 3 aromatic carbocycles. The first kappa shape index (κ1) is 20.3. The maximum Gasteiger partial charge on any atom is 0.407 e. The third-order valence-electron chi connectivity index (χ3n) is 5.31. The molecule has 1 amide bonds. The van der Waals surface area contributed by atoms with E-state index in [0.29, 0.717) is 12.2 Å². The van der Waals surface area contributed by atoms with Gasteiger partial charge in [-0.1, -0.05) is 53.6 Å². The molecule has 0 saturated heterocycles. The second kappa shape index (κ2) is 8.77. The summed E-state index contributed by atoms with van der Waals surface area (Å²) < 4.78 is 6.53. The highest BCUT2D eigenvalue weighted by molar-refractivity contribution is 14.1. The molecule has 0 fully saturated rings. The van der Waals surface area contributed by atoms with E-state index in [1.54, 1.807) is 6.07 Å². The fraction of sp³-hybridized carbons (Fsp3) is 0.174. The summed E-state index contributed by atoms with van der Waals surface area (Å²) in [5.41, 5.74) is 15.8. The highest BCUT2D eigenvalue weighted by Gasteiger charge is 2.28. The molecule has 4 rings (SSSR count). The van der Waals surface area contributed by atoms with Gasteiger partial charge >= 0.3 is 6.09 Å². The van der Waals surface area contributed by atoms with Crippen LogP contribution in [0.25, 0.3) is 21.6 Å². The number of carbonyl (C=O) groups excluding carboxylic acids is 1. The van der Waals surface area contributed by atoms with Crippen LogP contribution in [-0.4, -0.2) is 12.7 Å². The molecule has 150 valence electrons. The first-order valence-electron chi connectivity index (χ1n) is 9.51. The Bertz CT molecular complexity index is 1130. The van der Waals surface area contributed by atoms with Gasteiger partial charge in [-0.05, 0) is 80.6 Å². The summed E-state index contributed by atoms with van der Waals surface area (Å²) in [6.45, 7) is 2.46. The second-order valence-electron chi connectivity index (χ2n) is 7.09. The molecule has 0 spiro atoms. The molecule has 0 heterocycles. The Labute approximate surface area is 188 Å². The molecule has 0 bridgehead atoms. The number of alkyl carbamates (subject to hydrolysis) is 1. The Morgan fingerprint density at radius 2 is 1.77 bits per heavy atom. The van der Waals surface area contributed by atoms with Gasteiger partial charge in [0.05, 0.1) is 0 Å². The van der Waals surface area contributed by atoms with Gasteiger partial charge in [0.15, 0.2) is 0 Å². The lowest BCUT2D eigenvalue weighted by molar-refractivity contribution is 0.142. The van der Waals surface area contributed by atoms with Crippen LogP contribution in [0.15, 0.2) is 65.8 Å². The molecule has 0 aromatic heterocycles. The van der Waals surface area contributed by atoms with Crippen molar-refractivity contribution in [3.63, 3.8) is 0 Å². The zero-order valence-electron chi connectivity index (χ0n) is 16.3. The average molecular weight is 510 g/mol. The number of hydrogen-bond donors (Lipinski definition) is 1. The van der Waals surface area contributed by atoms with Gasteiger partial charge in [-0.2, -0.15) is 0 Å². The van der Waals surface area contributed by atoms with Crippen LogP contribution in [0, 0.1) is 10.5 Å². The van der Waals surface area contributed by atoms with E-state index in [2.05, 4.69) is 62.2 Å². The Morgan fingerprint density at radius 3 is 2.40 bits per heavy atom. The van der Waals surface area contributed by atoms with E-state index in [1.807, 2.05) is 37.3 Å². The molecule has 30 heavy (non-hydrogen) atoms. The zero-order valence-corrected chi connectivity index (χ0v) is 18.5. The molecule has 1 aliphatic carbocycles. The molecule has 0 atom stereocenters. The number of hydrogen-bond acceptors (Lipinski definition) is 3. The maximum absolute atomic E-state index is 12.3. The van der Waals surface area contributed by atoms with Crippen molar-refractivity contribution in [2.45, 2.75) is 19.4 Å². The number of azide groups is 1. The monoisotopic (exact) mass is 510 g/mol. The molecule has 6 nitrogen and oxygen atoms in total. The standard InChI is InChI=1S/C23H19IN4O2/c1-14-21(24)10-15(11-22(14)27-28-25)12-26-23(29)30-13-20-18-8-4-2-6-16(18)17-7-3-5-9-19(17)20/h2-11,20H,12-13H2,1H3,(H,26,29). The van der Waals surface area contributed by atoms with Gasteiger partial charge in [-0.3, -0.25) is 0 Å². The van der Waals surface area contributed by atoms with Gasteiger partial charge in [-0.25, -0.2) is 4.79 Å². The minimum atomic E-state index is -0.474. The topological polar surface area (TPSA) is 87.1 Å². The van der Waals surface area contributed by atoms with E-state index in [-0.39, 0.29) is 12.5 Å². The van der Waals surface area contributed by atoms with E-state index in [9.17, 15) is 4.79 Å². The third-order valence-corrected chi connectivity index (χ3v) is 6.43. The Balaban J connectivity index is 1.42. The smallest absolute Gasteiger partial charge is 0.407 e. The molecule has 1 N–H and O–H groups in total. The maximum atomic E-state index is 12.3. The number of amides is 1. The molecular weight excluding hydrogens is 491 g/mol. The van der Waals surface area contributed by atoms with Crippen LogP contribution in [0.3, 0.4) is 0 Å². The lowest BCUT2D eigenvalue weighted by atomic mass is 9.98. The lowest BCUT2D eigenvalue weighted by Gasteiger charge is -2.15. The van der Waals surface area contributed by atoms with Gasteiger partial charge in [0, 0.05) is 26.6 Å². The molecule has 1 aliphatic rings. The SMILES string of the molecule is Cc1c(I)cc(CNC(=O)OCC2c3ccccc3-c3ccccc32)cc1N=[N+]=[N-]. The van der Waals surface area contributed by atoms with Crippen molar-refractivity contribution in [2.75, 3.05) is 6.61 Å². The van der Waals surface area contributed by atoms with Crippen molar-refractivity contribution in [3.8, 4) is 11.1 Å². The minimum Gasteiger partial charge on any atom is -0.449 e.